The van der Waals surface area contributed by atoms with Crippen molar-refractivity contribution in [1.29, 1.82) is 0 Å². The number of aromatic nitrogens is 1. The van der Waals surface area contributed by atoms with E-state index in [0.717, 1.165) is 17.7 Å². The molecule has 86 valence electrons. The summed E-state index contributed by atoms with van der Waals surface area (Å²) < 4.78 is 0. The highest BCUT2D eigenvalue weighted by molar-refractivity contribution is 6.09. The van der Waals surface area contributed by atoms with Gasteiger partial charge in [-0.05, 0) is 37.1 Å². The molecule has 17 heavy (non-hydrogen) atoms. The van der Waals surface area contributed by atoms with E-state index in [2.05, 4.69) is 11.9 Å². The van der Waals surface area contributed by atoms with Crippen LogP contribution >= 0.6 is 0 Å². The van der Waals surface area contributed by atoms with Gasteiger partial charge in [-0.25, -0.2) is 0 Å². The summed E-state index contributed by atoms with van der Waals surface area (Å²) in [4.78, 5) is 16.3. The van der Waals surface area contributed by atoms with E-state index >= 15 is 0 Å². The van der Waals surface area contributed by atoms with Gasteiger partial charge in [0.2, 0.25) is 0 Å². The number of rotatable bonds is 3. The van der Waals surface area contributed by atoms with Crippen molar-refractivity contribution in [1.82, 2.24) is 4.98 Å². The zero-order chi connectivity index (χ0) is 12.3. The first-order valence-electron chi connectivity index (χ1n) is 5.77. The molecular formula is C15H15NO. The molecule has 2 rings (SSSR count). The largest absolute Gasteiger partial charge is 0.289 e. The zero-order valence-corrected chi connectivity index (χ0v) is 10.1. The quantitative estimate of drug-likeness (QED) is 0.751. The van der Waals surface area contributed by atoms with Crippen molar-refractivity contribution < 1.29 is 4.79 Å². The topological polar surface area (TPSA) is 30.0 Å². The number of ketones is 1. The van der Waals surface area contributed by atoms with Crippen LogP contribution in [-0.4, -0.2) is 10.8 Å². The van der Waals surface area contributed by atoms with Crippen LogP contribution < -0.4 is 0 Å². The molecule has 0 saturated carbocycles. The molecule has 1 aromatic heterocycles. The second-order valence-electron chi connectivity index (χ2n) is 4.07. The van der Waals surface area contributed by atoms with Crippen molar-refractivity contribution >= 4 is 5.78 Å². The standard InChI is InChI=1S/C15H15NO/c1-3-12-5-4-6-13(10-12)15(17)14-7-8-16-11(2)9-14/h4-10H,3H2,1-2H3. The summed E-state index contributed by atoms with van der Waals surface area (Å²) in [7, 11) is 0. The molecule has 0 amide bonds. The molecule has 0 aliphatic rings. The van der Waals surface area contributed by atoms with E-state index in [4.69, 9.17) is 0 Å². The Morgan fingerprint density at radius 3 is 2.65 bits per heavy atom. The molecule has 0 saturated heterocycles. The molecule has 2 nitrogen and oxygen atoms in total. The van der Waals surface area contributed by atoms with Gasteiger partial charge in [-0.3, -0.25) is 9.78 Å². The van der Waals surface area contributed by atoms with Gasteiger partial charge in [-0.1, -0.05) is 25.1 Å². The normalized spacial score (nSPS) is 10.2. The first-order chi connectivity index (χ1) is 8.20. The molecule has 2 heteroatoms. The van der Waals surface area contributed by atoms with Crippen LogP contribution in [0.2, 0.25) is 0 Å². The van der Waals surface area contributed by atoms with E-state index in [9.17, 15) is 4.79 Å². The fourth-order valence-corrected chi connectivity index (χ4v) is 1.79. The second kappa shape index (κ2) is 4.91. The summed E-state index contributed by atoms with van der Waals surface area (Å²) >= 11 is 0. The predicted molar refractivity (Wildman–Crippen MR) is 68.2 cm³/mol. The van der Waals surface area contributed by atoms with Gasteiger partial charge in [0.25, 0.3) is 0 Å². The Hall–Kier alpha value is -1.96. The van der Waals surface area contributed by atoms with Crippen molar-refractivity contribution in [3.8, 4) is 0 Å². The molecular weight excluding hydrogens is 210 g/mol. The Labute approximate surface area is 101 Å². The third-order valence-corrected chi connectivity index (χ3v) is 2.76. The van der Waals surface area contributed by atoms with Crippen molar-refractivity contribution in [2.24, 2.45) is 0 Å². The minimum Gasteiger partial charge on any atom is -0.289 e. The van der Waals surface area contributed by atoms with E-state index in [1.807, 2.05) is 37.3 Å². The fourth-order valence-electron chi connectivity index (χ4n) is 1.79. The molecule has 0 N–H and O–H groups in total. The van der Waals surface area contributed by atoms with E-state index < -0.39 is 0 Å². The van der Waals surface area contributed by atoms with E-state index in [0.29, 0.717) is 5.56 Å². The number of carbonyl (C=O) groups is 1. The lowest BCUT2D eigenvalue weighted by molar-refractivity contribution is 0.103. The van der Waals surface area contributed by atoms with Crippen molar-refractivity contribution in [2.75, 3.05) is 0 Å². The van der Waals surface area contributed by atoms with Crippen LogP contribution in [0.5, 0.6) is 0 Å². The minimum atomic E-state index is 0.0609. The minimum absolute atomic E-state index is 0.0609. The highest BCUT2D eigenvalue weighted by Gasteiger charge is 2.09. The van der Waals surface area contributed by atoms with E-state index in [1.54, 1.807) is 12.3 Å². The second-order valence-corrected chi connectivity index (χ2v) is 4.07. The van der Waals surface area contributed by atoms with Crippen molar-refractivity contribution in [3.05, 3.63) is 65.0 Å². The number of aryl methyl sites for hydroxylation is 2. The Morgan fingerprint density at radius 1 is 1.18 bits per heavy atom. The van der Waals surface area contributed by atoms with Gasteiger partial charge in [0.1, 0.15) is 0 Å². The molecule has 0 radical (unpaired) electrons. The summed E-state index contributed by atoms with van der Waals surface area (Å²) in [6.07, 6.45) is 2.61. The summed E-state index contributed by atoms with van der Waals surface area (Å²) in [5.74, 6) is 0.0609. The maximum Gasteiger partial charge on any atom is 0.193 e. The highest BCUT2D eigenvalue weighted by atomic mass is 16.1. The molecule has 2 aromatic rings. The maximum absolute atomic E-state index is 12.2. The SMILES string of the molecule is CCc1cccc(C(=O)c2ccnc(C)c2)c1. The van der Waals surface area contributed by atoms with Gasteiger partial charge in [0.05, 0.1) is 0 Å². The summed E-state index contributed by atoms with van der Waals surface area (Å²) in [6, 6.07) is 11.4. The molecule has 0 atom stereocenters. The molecule has 1 heterocycles. The van der Waals surface area contributed by atoms with Crippen LogP contribution in [0.4, 0.5) is 0 Å². The number of benzene rings is 1. The first kappa shape index (κ1) is 11.5. The maximum atomic E-state index is 12.2. The lowest BCUT2D eigenvalue weighted by Gasteiger charge is -2.03. The van der Waals surface area contributed by atoms with E-state index in [-0.39, 0.29) is 5.78 Å². The number of nitrogens with zero attached hydrogens (tertiary/aromatic N) is 1. The molecule has 1 aromatic carbocycles. The van der Waals surface area contributed by atoms with Crippen molar-refractivity contribution in [3.63, 3.8) is 0 Å². The van der Waals surface area contributed by atoms with Crippen LogP contribution in [-0.2, 0) is 6.42 Å². The lowest BCUT2D eigenvalue weighted by Crippen LogP contribution is -2.02. The average molecular weight is 225 g/mol. The molecule has 0 spiro atoms. The van der Waals surface area contributed by atoms with Crippen molar-refractivity contribution in [2.45, 2.75) is 20.3 Å². The lowest BCUT2D eigenvalue weighted by atomic mass is 10.0. The van der Waals surface area contributed by atoms with Gasteiger partial charge in [0.15, 0.2) is 5.78 Å². The average Bonchev–Trinajstić information content (AvgIpc) is 2.38. The highest BCUT2D eigenvalue weighted by Crippen LogP contribution is 2.12. The number of hydrogen-bond donors (Lipinski definition) is 0. The monoisotopic (exact) mass is 225 g/mol. The van der Waals surface area contributed by atoms with Crippen LogP contribution in [0, 0.1) is 6.92 Å². The van der Waals surface area contributed by atoms with Crippen LogP contribution in [0.25, 0.3) is 0 Å². The van der Waals surface area contributed by atoms with Gasteiger partial charge >= 0.3 is 0 Å². The molecule has 0 fully saturated rings. The number of carbonyl (C=O) groups excluding carboxylic acids is 1. The van der Waals surface area contributed by atoms with Crippen LogP contribution in [0.1, 0.15) is 34.1 Å². The van der Waals surface area contributed by atoms with Gasteiger partial charge in [-0.2, -0.15) is 0 Å². The molecule has 0 unspecified atom stereocenters. The smallest absolute Gasteiger partial charge is 0.193 e. The van der Waals surface area contributed by atoms with Gasteiger partial charge < -0.3 is 0 Å². The summed E-state index contributed by atoms with van der Waals surface area (Å²) in [6.45, 7) is 3.97. The molecule has 0 aliphatic heterocycles. The van der Waals surface area contributed by atoms with Crippen LogP contribution in [0.3, 0.4) is 0 Å². The Bertz CT molecular complexity index is 546. The van der Waals surface area contributed by atoms with E-state index in [1.165, 1.54) is 5.56 Å². The Balaban J connectivity index is 2.36. The number of pyridine rings is 1. The molecule has 0 aliphatic carbocycles. The fraction of sp³-hybridized carbons (Fsp3) is 0.200. The third-order valence-electron chi connectivity index (χ3n) is 2.76. The summed E-state index contributed by atoms with van der Waals surface area (Å²) in [5.41, 5.74) is 3.49. The zero-order valence-electron chi connectivity index (χ0n) is 10.1. The predicted octanol–water partition coefficient (Wildman–Crippen LogP) is 3.18. The first-order valence-corrected chi connectivity index (χ1v) is 5.77. The van der Waals surface area contributed by atoms with Gasteiger partial charge in [0, 0.05) is 23.0 Å². The Morgan fingerprint density at radius 2 is 1.94 bits per heavy atom. The molecule has 0 bridgehead atoms. The van der Waals surface area contributed by atoms with Gasteiger partial charge in [-0.15, -0.1) is 0 Å². The third kappa shape index (κ3) is 2.59. The Kier molecular flexibility index (Phi) is 3.33. The number of hydrogen-bond acceptors (Lipinski definition) is 2. The summed E-state index contributed by atoms with van der Waals surface area (Å²) in [5, 5.41) is 0. The van der Waals surface area contributed by atoms with Crippen LogP contribution in [0.15, 0.2) is 42.6 Å².